The molecule has 1 unspecified atom stereocenters. The first-order valence-electron chi connectivity index (χ1n) is 17.0. The van der Waals surface area contributed by atoms with Crippen molar-refractivity contribution in [2.75, 3.05) is 37.8 Å². The van der Waals surface area contributed by atoms with E-state index in [0.717, 1.165) is 63.4 Å². The number of imidazole rings is 1. The third-order valence-electron chi connectivity index (χ3n) is 9.21. The average molecular weight is 674 g/mol. The van der Waals surface area contributed by atoms with Crippen LogP contribution in [0, 0.1) is 20.8 Å². The monoisotopic (exact) mass is 673 g/mol. The van der Waals surface area contributed by atoms with Gasteiger partial charge in [0.1, 0.15) is 17.2 Å². The molecule has 49 heavy (non-hydrogen) atoms. The number of hydrogen-bond donors (Lipinski definition) is 3. The lowest BCUT2D eigenvalue weighted by Crippen LogP contribution is -2.46. The molecule has 0 radical (unpaired) electrons. The normalized spacial score (nSPS) is 16.2. The van der Waals surface area contributed by atoms with Crippen LogP contribution in [0.15, 0.2) is 48.7 Å². The van der Waals surface area contributed by atoms with E-state index in [0.29, 0.717) is 31.9 Å². The van der Waals surface area contributed by atoms with Crippen LogP contribution in [-0.4, -0.2) is 80.9 Å². The number of aliphatic carboxylic acids is 1. The van der Waals surface area contributed by atoms with Crippen molar-refractivity contribution in [2.24, 2.45) is 0 Å². The summed E-state index contributed by atoms with van der Waals surface area (Å²) in [7, 11) is 0. The molecule has 2 aromatic carbocycles. The molecule has 0 aliphatic carbocycles. The number of piperidine rings is 1. The first-order valence-corrected chi connectivity index (χ1v) is 17.0. The van der Waals surface area contributed by atoms with Gasteiger partial charge in [-0.2, -0.15) is 0 Å². The van der Waals surface area contributed by atoms with E-state index in [1.807, 2.05) is 88.5 Å². The number of carbonyl (C=O) groups is 1. The number of aliphatic hydroxyl groups excluding tert-OH is 1. The number of carboxylic acid groups (broad SMARTS) is 1. The van der Waals surface area contributed by atoms with Crippen LogP contribution in [0.3, 0.4) is 0 Å². The number of carboxylic acids is 1. The maximum absolute atomic E-state index is 12.9. The van der Waals surface area contributed by atoms with Gasteiger partial charge < -0.3 is 34.4 Å². The summed E-state index contributed by atoms with van der Waals surface area (Å²) < 4.78 is 20.1. The molecular weight excluding hydrogens is 622 g/mol. The van der Waals surface area contributed by atoms with Gasteiger partial charge in [0.15, 0.2) is 6.10 Å². The number of phenolic OH excluding ortho intramolecular Hbond substituents is 1. The SMILES string of the molecule is Cc1ccc(O)c(-c2cccc(-c3cn4c(N5CCC(C)(OCCOC[C@@H](C)O)CC5)c(C(OC(C)(C)C)C(=O)O)c(C)c(C)c4n3)c2)c1. The summed E-state index contributed by atoms with van der Waals surface area (Å²) in [6.07, 6.45) is 1.70. The minimum absolute atomic E-state index is 0.211. The number of fused-ring (bicyclic) bond motifs is 1. The number of phenols is 1. The third-order valence-corrected chi connectivity index (χ3v) is 9.21. The molecule has 1 aliphatic rings. The molecule has 0 bridgehead atoms. The van der Waals surface area contributed by atoms with E-state index in [4.69, 9.17) is 19.2 Å². The second-order valence-electron chi connectivity index (χ2n) is 14.6. The highest BCUT2D eigenvalue weighted by Crippen LogP contribution is 2.41. The molecule has 10 nitrogen and oxygen atoms in total. The Morgan fingerprint density at radius 1 is 1.02 bits per heavy atom. The molecule has 10 heteroatoms. The van der Waals surface area contributed by atoms with E-state index in [2.05, 4.69) is 11.8 Å². The summed E-state index contributed by atoms with van der Waals surface area (Å²) in [6.45, 7) is 17.7. The van der Waals surface area contributed by atoms with Crippen molar-refractivity contribution < 1.29 is 34.3 Å². The van der Waals surface area contributed by atoms with Gasteiger partial charge in [-0.1, -0.05) is 29.8 Å². The number of nitrogens with zero attached hydrogens (tertiary/aromatic N) is 3. The Morgan fingerprint density at radius 2 is 1.71 bits per heavy atom. The van der Waals surface area contributed by atoms with Crippen LogP contribution in [0.1, 0.15) is 75.8 Å². The lowest BCUT2D eigenvalue weighted by Gasteiger charge is -2.42. The highest BCUT2D eigenvalue weighted by molar-refractivity contribution is 5.81. The van der Waals surface area contributed by atoms with E-state index < -0.39 is 23.8 Å². The number of aryl methyl sites for hydroxylation is 2. The molecule has 0 saturated carbocycles. The summed E-state index contributed by atoms with van der Waals surface area (Å²) >= 11 is 0. The van der Waals surface area contributed by atoms with Crippen LogP contribution >= 0.6 is 0 Å². The highest BCUT2D eigenvalue weighted by atomic mass is 16.5. The number of aliphatic hydroxyl groups is 1. The Bertz CT molecular complexity index is 1800. The smallest absolute Gasteiger partial charge is 0.337 e. The molecule has 3 heterocycles. The van der Waals surface area contributed by atoms with Gasteiger partial charge in [-0.3, -0.25) is 4.40 Å². The first-order chi connectivity index (χ1) is 23.1. The molecule has 0 spiro atoms. The predicted molar refractivity (Wildman–Crippen MR) is 191 cm³/mol. The van der Waals surface area contributed by atoms with Gasteiger partial charge >= 0.3 is 5.97 Å². The Morgan fingerprint density at radius 3 is 2.37 bits per heavy atom. The number of rotatable bonds is 12. The Balaban J connectivity index is 1.58. The number of hydrogen-bond acceptors (Lipinski definition) is 8. The molecule has 5 rings (SSSR count). The quantitative estimate of drug-likeness (QED) is 0.136. The fraction of sp³-hybridized carbons (Fsp3) is 0.487. The third kappa shape index (κ3) is 8.27. The molecule has 264 valence electrons. The van der Waals surface area contributed by atoms with Crippen LogP contribution in [0.5, 0.6) is 5.75 Å². The van der Waals surface area contributed by atoms with E-state index in [1.165, 1.54) is 0 Å². The lowest BCUT2D eigenvalue weighted by atomic mass is 9.92. The summed E-state index contributed by atoms with van der Waals surface area (Å²) in [5.74, 6) is -0.0854. The van der Waals surface area contributed by atoms with E-state index in [9.17, 15) is 20.1 Å². The minimum atomic E-state index is -1.20. The van der Waals surface area contributed by atoms with E-state index >= 15 is 0 Å². The van der Waals surface area contributed by atoms with Crippen molar-refractivity contribution in [1.82, 2.24) is 9.38 Å². The van der Waals surface area contributed by atoms with Crippen LogP contribution in [-0.2, 0) is 19.0 Å². The van der Waals surface area contributed by atoms with Gasteiger partial charge in [-0.25, -0.2) is 9.78 Å². The number of aromatic nitrogens is 2. The van der Waals surface area contributed by atoms with Gasteiger partial charge in [-0.15, -0.1) is 0 Å². The number of ether oxygens (including phenoxy) is 3. The Kier molecular flexibility index (Phi) is 10.7. The maximum Gasteiger partial charge on any atom is 0.337 e. The van der Waals surface area contributed by atoms with Crippen LogP contribution in [0.4, 0.5) is 5.82 Å². The van der Waals surface area contributed by atoms with Crippen LogP contribution in [0.25, 0.3) is 28.0 Å². The molecule has 1 fully saturated rings. The van der Waals surface area contributed by atoms with Crippen molar-refractivity contribution in [3.63, 3.8) is 0 Å². The molecule has 4 aromatic rings. The number of benzene rings is 2. The van der Waals surface area contributed by atoms with Crippen molar-refractivity contribution in [3.8, 4) is 28.1 Å². The fourth-order valence-corrected chi connectivity index (χ4v) is 6.50. The Hall–Kier alpha value is -3.96. The molecule has 0 amide bonds. The van der Waals surface area contributed by atoms with E-state index in [1.54, 1.807) is 13.0 Å². The molecular formula is C39H51N3O7. The lowest BCUT2D eigenvalue weighted by molar-refractivity contribution is -0.160. The zero-order chi connectivity index (χ0) is 35.7. The topological polar surface area (TPSA) is 126 Å². The van der Waals surface area contributed by atoms with Gasteiger partial charge in [0.05, 0.1) is 42.8 Å². The maximum atomic E-state index is 12.9. The van der Waals surface area contributed by atoms with E-state index in [-0.39, 0.29) is 18.0 Å². The average Bonchev–Trinajstić information content (AvgIpc) is 3.48. The predicted octanol–water partition coefficient (Wildman–Crippen LogP) is 7.01. The fourth-order valence-electron chi connectivity index (χ4n) is 6.50. The second kappa shape index (κ2) is 14.5. The second-order valence-corrected chi connectivity index (χ2v) is 14.6. The first kappa shape index (κ1) is 36.3. The van der Waals surface area contributed by atoms with Crippen molar-refractivity contribution in [2.45, 2.75) is 91.6 Å². The summed E-state index contributed by atoms with van der Waals surface area (Å²) in [5.41, 5.74) is 6.27. The Labute approximate surface area is 289 Å². The van der Waals surface area contributed by atoms with Crippen LogP contribution < -0.4 is 4.90 Å². The summed E-state index contributed by atoms with van der Waals surface area (Å²) in [6, 6.07) is 13.5. The van der Waals surface area contributed by atoms with Gasteiger partial charge in [0, 0.05) is 36.0 Å². The minimum Gasteiger partial charge on any atom is -0.507 e. The summed E-state index contributed by atoms with van der Waals surface area (Å²) in [5, 5.41) is 30.7. The standard InChI is InChI=1S/C39H51N3O7/c1-24-12-13-32(44)30(20-24)28-10-9-11-29(21-28)31-22-42-35(40-31)27(4)26(3)33(34(37(45)46)49-38(5,6)7)36(42)41-16-14-39(8,15-17-41)48-19-18-47-23-25(2)43/h9-13,20-22,25,34,43-44H,14-19,23H2,1-8H3,(H,45,46)/t25-,34?/m1/s1. The number of aromatic hydroxyl groups is 1. The van der Waals surface area contributed by atoms with Gasteiger partial charge in [0.2, 0.25) is 0 Å². The van der Waals surface area contributed by atoms with Crippen LogP contribution in [0.2, 0.25) is 0 Å². The molecule has 3 N–H and O–H groups in total. The van der Waals surface area contributed by atoms with Crippen molar-refractivity contribution in [3.05, 3.63) is 70.9 Å². The molecule has 1 saturated heterocycles. The zero-order valence-electron chi connectivity index (χ0n) is 30.0. The number of anilines is 1. The zero-order valence-corrected chi connectivity index (χ0v) is 30.0. The highest BCUT2D eigenvalue weighted by Gasteiger charge is 2.38. The largest absolute Gasteiger partial charge is 0.507 e. The number of pyridine rings is 1. The molecule has 1 aliphatic heterocycles. The van der Waals surface area contributed by atoms with Crippen molar-refractivity contribution >= 4 is 17.4 Å². The van der Waals surface area contributed by atoms with Crippen molar-refractivity contribution in [1.29, 1.82) is 0 Å². The van der Waals surface area contributed by atoms with Gasteiger partial charge in [0.25, 0.3) is 0 Å². The molecule has 2 atom stereocenters. The van der Waals surface area contributed by atoms with Gasteiger partial charge in [-0.05, 0) is 103 Å². The molecule has 2 aromatic heterocycles. The summed E-state index contributed by atoms with van der Waals surface area (Å²) in [4.78, 5) is 20.3.